The number of carbonyl (C=O) groups excluding carboxylic acids is 3. The van der Waals surface area contributed by atoms with Gasteiger partial charge in [-0.2, -0.15) is 0 Å². The van der Waals surface area contributed by atoms with Crippen molar-refractivity contribution in [2.45, 2.75) is 31.7 Å². The number of nitrogens with one attached hydrogen (secondary N) is 2. The van der Waals surface area contributed by atoms with E-state index in [1.165, 1.54) is 6.92 Å². The topological polar surface area (TPSA) is 103 Å². The highest BCUT2D eigenvalue weighted by atomic mass is 19.3. The summed E-state index contributed by atoms with van der Waals surface area (Å²) in [5.41, 5.74) is -2.54. The number of hydrogen-bond donors (Lipinski definition) is 2. The van der Waals surface area contributed by atoms with Crippen molar-refractivity contribution in [2.24, 2.45) is 0 Å². The minimum absolute atomic E-state index is 0.0244. The number of ether oxygens (including phenoxy) is 3. The number of alkyl halides is 2. The Morgan fingerprint density at radius 1 is 1.14 bits per heavy atom. The smallest absolute Gasteiger partial charge is 0.407 e. The number of rotatable bonds is 8. The van der Waals surface area contributed by atoms with Gasteiger partial charge in [0.15, 0.2) is 0 Å². The third-order valence-electron chi connectivity index (χ3n) is 2.73. The molecule has 0 aromatic rings. The maximum absolute atomic E-state index is 13.4. The van der Waals surface area contributed by atoms with E-state index in [0.29, 0.717) is 0 Å². The number of hydrogen-bond acceptors (Lipinski definition) is 6. The van der Waals surface area contributed by atoms with Crippen molar-refractivity contribution < 1.29 is 37.4 Å². The zero-order chi connectivity index (χ0) is 17.2. The van der Waals surface area contributed by atoms with Crippen LogP contribution in [0.25, 0.3) is 0 Å². The van der Waals surface area contributed by atoms with Gasteiger partial charge in [0.05, 0.1) is 20.8 Å². The molecule has 1 unspecified atom stereocenters. The Kier molecular flexibility index (Phi) is 8.80. The molecule has 0 rings (SSSR count). The molecule has 0 fully saturated rings. The summed E-state index contributed by atoms with van der Waals surface area (Å²) in [7, 11) is 2.13. The van der Waals surface area contributed by atoms with Gasteiger partial charge in [-0.15, -0.1) is 0 Å². The maximum atomic E-state index is 13.4. The molecule has 1 atom stereocenters. The highest BCUT2D eigenvalue weighted by Gasteiger charge is 2.50. The van der Waals surface area contributed by atoms with Crippen LogP contribution in [0.4, 0.5) is 18.4 Å². The molecule has 128 valence electrons. The van der Waals surface area contributed by atoms with Crippen LogP contribution in [0, 0.1) is 0 Å². The first-order valence-corrected chi connectivity index (χ1v) is 6.47. The molecule has 22 heavy (non-hydrogen) atoms. The molecule has 2 amide bonds. The van der Waals surface area contributed by atoms with Gasteiger partial charge in [-0.05, 0) is 19.8 Å². The molecular weight excluding hydrogens is 306 g/mol. The summed E-state index contributed by atoms with van der Waals surface area (Å²) in [5, 5.41) is 4.12. The van der Waals surface area contributed by atoms with Gasteiger partial charge in [0.1, 0.15) is 0 Å². The molecule has 10 heteroatoms. The van der Waals surface area contributed by atoms with Gasteiger partial charge in [-0.1, -0.05) is 0 Å². The molecule has 0 aromatic carbocycles. The normalized spacial score (nSPS) is 13.0. The van der Waals surface area contributed by atoms with E-state index in [0.717, 1.165) is 14.2 Å². The fourth-order valence-corrected chi connectivity index (χ4v) is 1.59. The lowest BCUT2D eigenvalue weighted by molar-refractivity contribution is -0.158. The first kappa shape index (κ1) is 19.9. The fraction of sp³-hybridized carbons (Fsp3) is 0.750. The first-order valence-electron chi connectivity index (χ1n) is 6.47. The molecule has 0 heterocycles. The summed E-state index contributed by atoms with van der Waals surface area (Å²) in [6.07, 6.45) is -5.62. The average molecular weight is 326 g/mol. The standard InChI is InChI=1S/C12H20F2N2O6/c1-4-22-9(17)12(8(13)14,16-11(19)21-3)6-5-7-15-10(18)20-2/h8H,4-7H2,1-3H3,(H,15,18)(H,16,19). The monoisotopic (exact) mass is 326 g/mol. The number of alkyl carbamates (subject to hydrolysis) is 2. The van der Waals surface area contributed by atoms with E-state index in [1.807, 2.05) is 5.32 Å². The van der Waals surface area contributed by atoms with Gasteiger partial charge in [-0.3, -0.25) is 0 Å². The lowest BCUT2D eigenvalue weighted by atomic mass is 9.93. The van der Waals surface area contributed by atoms with Crippen molar-refractivity contribution in [3.05, 3.63) is 0 Å². The number of halogens is 2. The Morgan fingerprint density at radius 2 is 1.73 bits per heavy atom. The highest BCUT2D eigenvalue weighted by Crippen LogP contribution is 2.24. The minimum atomic E-state index is -3.22. The Balaban J connectivity index is 4.98. The van der Waals surface area contributed by atoms with E-state index < -0.39 is 36.5 Å². The van der Waals surface area contributed by atoms with Gasteiger partial charge in [-0.25, -0.2) is 23.2 Å². The van der Waals surface area contributed by atoms with Crippen molar-refractivity contribution in [1.29, 1.82) is 0 Å². The van der Waals surface area contributed by atoms with Crippen LogP contribution in [-0.2, 0) is 19.0 Å². The Hall–Kier alpha value is -2.13. The van der Waals surface area contributed by atoms with E-state index in [4.69, 9.17) is 0 Å². The molecule has 2 N–H and O–H groups in total. The first-order chi connectivity index (χ1) is 10.3. The Labute approximate surface area is 126 Å². The molecule has 0 aromatic heterocycles. The van der Waals surface area contributed by atoms with E-state index in [9.17, 15) is 23.2 Å². The number of amides is 2. The summed E-state index contributed by atoms with van der Waals surface area (Å²) in [5.74, 6) is -1.27. The predicted molar refractivity (Wildman–Crippen MR) is 70.6 cm³/mol. The van der Waals surface area contributed by atoms with Gasteiger partial charge in [0.25, 0.3) is 6.43 Å². The summed E-state index contributed by atoms with van der Waals surface area (Å²) < 4.78 is 40.0. The van der Waals surface area contributed by atoms with E-state index in [1.54, 1.807) is 0 Å². The van der Waals surface area contributed by atoms with E-state index in [-0.39, 0.29) is 19.6 Å². The lowest BCUT2D eigenvalue weighted by Gasteiger charge is -2.30. The summed E-state index contributed by atoms with van der Waals surface area (Å²) in [6.45, 7) is 1.30. The average Bonchev–Trinajstić information content (AvgIpc) is 2.49. The maximum Gasteiger partial charge on any atom is 0.407 e. The van der Waals surface area contributed by atoms with Crippen LogP contribution in [0.1, 0.15) is 19.8 Å². The molecular formula is C12H20F2N2O6. The second-order valence-corrected chi connectivity index (χ2v) is 4.13. The largest absolute Gasteiger partial charge is 0.464 e. The molecule has 8 nitrogen and oxygen atoms in total. The quantitative estimate of drug-likeness (QED) is 0.392. The van der Waals surface area contributed by atoms with Crippen molar-refractivity contribution in [3.8, 4) is 0 Å². The molecule has 0 aliphatic heterocycles. The third-order valence-corrected chi connectivity index (χ3v) is 2.73. The zero-order valence-electron chi connectivity index (χ0n) is 12.6. The van der Waals surface area contributed by atoms with Gasteiger partial charge in [0, 0.05) is 6.54 Å². The van der Waals surface area contributed by atoms with Crippen molar-refractivity contribution in [3.63, 3.8) is 0 Å². The second kappa shape index (κ2) is 9.74. The van der Waals surface area contributed by atoms with E-state index in [2.05, 4.69) is 19.5 Å². The van der Waals surface area contributed by atoms with Crippen molar-refractivity contribution in [1.82, 2.24) is 10.6 Å². The minimum Gasteiger partial charge on any atom is -0.464 e. The van der Waals surface area contributed by atoms with Crippen LogP contribution in [0.3, 0.4) is 0 Å². The lowest BCUT2D eigenvalue weighted by Crippen LogP contribution is -2.60. The van der Waals surface area contributed by atoms with Crippen molar-refractivity contribution >= 4 is 18.2 Å². The van der Waals surface area contributed by atoms with Gasteiger partial charge in [0.2, 0.25) is 5.54 Å². The summed E-state index contributed by atoms with van der Waals surface area (Å²) >= 11 is 0. The van der Waals surface area contributed by atoms with Gasteiger partial charge < -0.3 is 24.8 Å². The Morgan fingerprint density at radius 3 is 2.18 bits per heavy atom. The highest BCUT2D eigenvalue weighted by molar-refractivity contribution is 5.86. The van der Waals surface area contributed by atoms with Crippen LogP contribution < -0.4 is 10.6 Å². The van der Waals surface area contributed by atoms with Crippen LogP contribution in [0.5, 0.6) is 0 Å². The number of methoxy groups -OCH3 is 2. The van der Waals surface area contributed by atoms with Crippen LogP contribution in [-0.4, -0.2) is 57.5 Å². The second-order valence-electron chi connectivity index (χ2n) is 4.13. The van der Waals surface area contributed by atoms with Crippen LogP contribution in [0.15, 0.2) is 0 Å². The predicted octanol–water partition coefficient (Wildman–Crippen LogP) is 1.05. The SMILES string of the molecule is CCOC(=O)C(CCCNC(=O)OC)(NC(=O)OC)C(F)F. The molecule has 0 aliphatic rings. The van der Waals surface area contributed by atoms with Crippen molar-refractivity contribution in [2.75, 3.05) is 27.4 Å². The number of esters is 1. The van der Waals surface area contributed by atoms with Gasteiger partial charge >= 0.3 is 18.2 Å². The summed E-state index contributed by atoms with van der Waals surface area (Å²) in [4.78, 5) is 34.0. The molecule has 0 bridgehead atoms. The third kappa shape index (κ3) is 5.70. The molecule has 0 saturated heterocycles. The number of carbonyl (C=O) groups is 3. The molecule has 0 aliphatic carbocycles. The Bertz CT molecular complexity index is 394. The molecule has 0 spiro atoms. The molecule has 0 saturated carbocycles. The van der Waals surface area contributed by atoms with Crippen LogP contribution >= 0.6 is 0 Å². The fourth-order valence-electron chi connectivity index (χ4n) is 1.59. The molecule has 0 radical (unpaired) electrons. The zero-order valence-corrected chi connectivity index (χ0v) is 12.6. The van der Waals surface area contributed by atoms with Crippen LogP contribution in [0.2, 0.25) is 0 Å². The summed E-state index contributed by atoms with van der Waals surface area (Å²) in [6, 6.07) is 0. The van der Waals surface area contributed by atoms with E-state index >= 15 is 0 Å².